The molecule has 26 heavy (non-hydrogen) atoms. The molecule has 0 amide bonds. The van der Waals surface area contributed by atoms with Crippen molar-refractivity contribution in [2.24, 2.45) is 0 Å². The van der Waals surface area contributed by atoms with Crippen LogP contribution in [0.15, 0.2) is 24.3 Å². The van der Waals surface area contributed by atoms with Gasteiger partial charge in [-0.05, 0) is 51.3 Å². The molecule has 2 unspecified atom stereocenters. The lowest BCUT2D eigenvalue weighted by Crippen LogP contribution is -2.46. The summed E-state index contributed by atoms with van der Waals surface area (Å²) in [6.45, 7) is 6.67. The van der Waals surface area contributed by atoms with Gasteiger partial charge < -0.3 is 14.0 Å². The highest BCUT2D eigenvalue weighted by Gasteiger charge is 2.48. The summed E-state index contributed by atoms with van der Waals surface area (Å²) >= 11 is 0. The molecule has 144 valence electrons. The normalized spacial score (nSPS) is 23.3. The summed E-state index contributed by atoms with van der Waals surface area (Å²) in [6, 6.07) is 8.55. The summed E-state index contributed by atoms with van der Waals surface area (Å²) in [5.41, 5.74) is 3.66. The van der Waals surface area contributed by atoms with Gasteiger partial charge in [-0.3, -0.25) is 9.46 Å². The van der Waals surface area contributed by atoms with Crippen LogP contribution in [0.3, 0.4) is 0 Å². The van der Waals surface area contributed by atoms with Crippen LogP contribution in [0.1, 0.15) is 44.0 Å². The number of hydrogen-bond acceptors (Lipinski definition) is 4. The maximum Gasteiger partial charge on any atom is 0.335 e. The van der Waals surface area contributed by atoms with Crippen LogP contribution in [-0.4, -0.2) is 41.8 Å². The summed E-state index contributed by atoms with van der Waals surface area (Å²) in [7, 11) is -3.14. The van der Waals surface area contributed by atoms with E-state index in [4.69, 9.17) is 9.05 Å². The van der Waals surface area contributed by atoms with Crippen molar-refractivity contribution in [3.63, 3.8) is 0 Å². The van der Waals surface area contributed by atoms with Gasteiger partial charge in [-0.15, -0.1) is 12.4 Å². The Bertz CT molecular complexity index is 799. The summed E-state index contributed by atoms with van der Waals surface area (Å²) in [4.78, 5) is 6.10. The van der Waals surface area contributed by atoms with Crippen LogP contribution in [0, 0.1) is 0 Å². The van der Waals surface area contributed by atoms with Crippen molar-refractivity contribution in [2.75, 3.05) is 26.3 Å². The fourth-order valence-corrected chi connectivity index (χ4v) is 6.95. The van der Waals surface area contributed by atoms with Gasteiger partial charge in [0.2, 0.25) is 0 Å². The van der Waals surface area contributed by atoms with Crippen molar-refractivity contribution in [1.29, 1.82) is 0 Å². The van der Waals surface area contributed by atoms with Crippen molar-refractivity contribution in [3.05, 3.63) is 35.5 Å². The third-order valence-corrected chi connectivity index (χ3v) is 8.11. The molecule has 0 aliphatic carbocycles. The minimum Gasteiger partial charge on any atom is -0.357 e. The molecule has 1 aromatic heterocycles. The number of halogens is 1. The number of aromatic amines is 1. The number of aromatic nitrogens is 1. The van der Waals surface area contributed by atoms with Gasteiger partial charge in [0.15, 0.2) is 0 Å². The van der Waals surface area contributed by atoms with E-state index in [1.54, 1.807) is 0 Å². The molecule has 2 aliphatic heterocycles. The smallest absolute Gasteiger partial charge is 0.335 e. The highest BCUT2D eigenvalue weighted by atomic mass is 35.5. The summed E-state index contributed by atoms with van der Waals surface area (Å²) in [6.07, 6.45) is 2.96. The maximum atomic E-state index is 13.6. The van der Waals surface area contributed by atoms with Crippen LogP contribution < -0.4 is 0 Å². The lowest BCUT2D eigenvalue weighted by atomic mass is 9.90. The number of para-hydroxylation sites is 1. The van der Waals surface area contributed by atoms with Gasteiger partial charge in [-0.2, -0.15) is 0 Å². The molecule has 0 saturated carbocycles. The van der Waals surface area contributed by atoms with Crippen LogP contribution >= 0.6 is 20.0 Å². The van der Waals surface area contributed by atoms with E-state index in [2.05, 4.69) is 34.1 Å². The van der Waals surface area contributed by atoms with E-state index in [-0.39, 0.29) is 24.1 Å². The van der Waals surface area contributed by atoms with E-state index in [1.807, 2.05) is 13.8 Å². The minimum atomic E-state index is -3.14. The quantitative estimate of drug-likeness (QED) is 0.726. The number of piperidine rings is 1. The molecule has 0 spiro atoms. The molecule has 1 fully saturated rings. The van der Waals surface area contributed by atoms with E-state index in [9.17, 15) is 4.57 Å². The highest BCUT2D eigenvalue weighted by Crippen LogP contribution is 2.61. The largest absolute Gasteiger partial charge is 0.357 e. The van der Waals surface area contributed by atoms with E-state index >= 15 is 0 Å². The number of nitrogens with one attached hydrogen (secondary N) is 1. The zero-order valence-corrected chi connectivity index (χ0v) is 17.2. The Hall–Kier alpha value is -0.840. The number of fused-ring (bicyclic) bond motifs is 5. The molecule has 1 N–H and O–H groups in total. The van der Waals surface area contributed by atoms with Crippen molar-refractivity contribution < 1.29 is 13.6 Å². The average molecular weight is 399 g/mol. The van der Waals surface area contributed by atoms with Crippen LogP contribution in [0.5, 0.6) is 0 Å². The van der Waals surface area contributed by atoms with Gasteiger partial charge in [0.05, 0.1) is 24.9 Å². The SMILES string of the molecule is CCOP(=O)(OCC)C1CCCN2CCc3c([nH]c4ccccc34)C12.Cl. The lowest BCUT2D eigenvalue weighted by Gasteiger charge is -2.45. The number of H-pyrrole nitrogens is 1. The lowest BCUT2D eigenvalue weighted by molar-refractivity contribution is 0.115. The van der Waals surface area contributed by atoms with Crippen molar-refractivity contribution in [2.45, 2.75) is 44.8 Å². The highest BCUT2D eigenvalue weighted by molar-refractivity contribution is 7.54. The number of nitrogens with zero attached hydrogens (tertiary/aromatic N) is 1. The van der Waals surface area contributed by atoms with Gasteiger partial charge in [0.1, 0.15) is 0 Å². The molecule has 4 rings (SSSR count). The van der Waals surface area contributed by atoms with Crippen LogP contribution in [0.2, 0.25) is 0 Å². The molecular formula is C19H28ClN2O3P. The molecule has 0 radical (unpaired) electrons. The molecule has 7 heteroatoms. The fourth-order valence-electron chi connectivity index (χ4n) is 4.59. The molecule has 0 bridgehead atoms. The monoisotopic (exact) mass is 398 g/mol. The third kappa shape index (κ3) is 3.25. The molecule has 2 aliphatic rings. The Kier molecular flexibility index (Phi) is 6.15. The number of hydrogen-bond donors (Lipinski definition) is 1. The maximum absolute atomic E-state index is 13.6. The van der Waals surface area contributed by atoms with Crippen LogP contribution in [0.25, 0.3) is 10.9 Å². The second-order valence-electron chi connectivity index (χ2n) is 6.88. The molecule has 3 heterocycles. The molecule has 1 aromatic carbocycles. The first-order chi connectivity index (χ1) is 12.2. The molecule has 2 atom stereocenters. The van der Waals surface area contributed by atoms with Crippen molar-refractivity contribution >= 4 is 30.9 Å². The fraction of sp³-hybridized carbons (Fsp3) is 0.579. The second-order valence-corrected chi connectivity index (χ2v) is 9.14. The summed E-state index contributed by atoms with van der Waals surface area (Å²) in [5, 5.41) is 1.30. The van der Waals surface area contributed by atoms with Crippen molar-refractivity contribution in [3.8, 4) is 0 Å². The Morgan fingerprint density at radius 3 is 2.65 bits per heavy atom. The number of rotatable bonds is 5. The zero-order valence-electron chi connectivity index (χ0n) is 15.4. The second kappa shape index (κ2) is 8.04. The van der Waals surface area contributed by atoms with Gasteiger partial charge >= 0.3 is 7.60 Å². The minimum absolute atomic E-state index is 0. The predicted molar refractivity (Wildman–Crippen MR) is 107 cm³/mol. The first kappa shape index (κ1) is 19.9. The van der Waals surface area contributed by atoms with Gasteiger partial charge in [-0.1, -0.05) is 18.2 Å². The Morgan fingerprint density at radius 1 is 1.19 bits per heavy atom. The van der Waals surface area contributed by atoms with Gasteiger partial charge in [0, 0.05) is 23.1 Å². The summed E-state index contributed by atoms with van der Waals surface area (Å²) in [5.74, 6) is 0. The molecule has 1 saturated heterocycles. The zero-order chi connectivity index (χ0) is 17.4. The van der Waals surface area contributed by atoms with E-state index in [0.717, 1.165) is 32.4 Å². The Morgan fingerprint density at radius 2 is 1.92 bits per heavy atom. The van der Waals surface area contributed by atoms with E-state index in [1.165, 1.54) is 22.2 Å². The third-order valence-electron chi connectivity index (χ3n) is 5.52. The van der Waals surface area contributed by atoms with E-state index in [0.29, 0.717) is 13.2 Å². The standard InChI is InChI=1S/C19H27N2O3P.ClH/c1-3-23-25(22,24-4-2)17-10-7-12-21-13-11-15-14-8-5-6-9-16(14)20-18(15)19(17)21;/h5-6,8-9,17,19-20H,3-4,7,10-13H2,1-2H3;1H. The van der Waals surface area contributed by atoms with Gasteiger partial charge in [-0.25, -0.2) is 0 Å². The van der Waals surface area contributed by atoms with Crippen LogP contribution in [0.4, 0.5) is 0 Å². The average Bonchev–Trinajstić information content (AvgIpc) is 3.00. The summed E-state index contributed by atoms with van der Waals surface area (Å²) < 4.78 is 25.0. The molecule has 2 aromatic rings. The molecular weight excluding hydrogens is 371 g/mol. The predicted octanol–water partition coefficient (Wildman–Crippen LogP) is 4.92. The first-order valence-electron chi connectivity index (χ1n) is 9.40. The molecule has 5 nitrogen and oxygen atoms in total. The van der Waals surface area contributed by atoms with E-state index < -0.39 is 7.60 Å². The topological polar surface area (TPSA) is 54.6 Å². The number of benzene rings is 1. The Labute approximate surface area is 161 Å². The van der Waals surface area contributed by atoms with Crippen molar-refractivity contribution in [1.82, 2.24) is 9.88 Å². The van der Waals surface area contributed by atoms with Crippen LogP contribution in [-0.2, 0) is 20.0 Å². The first-order valence-corrected chi connectivity index (χ1v) is 11.0. The van der Waals surface area contributed by atoms with Gasteiger partial charge in [0.25, 0.3) is 0 Å². The Balaban J connectivity index is 0.00000196.